The van der Waals surface area contributed by atoms with Gasteiger partial charge in [-0.25, -0.2) is 0 Å². The van der Waals surface area contributed by atoms with E-state index in [9.17, 15) is 0 Å². The Morgan fingerprint density at radius 1 is 1.43 bits per heavy atom. The molecule has 2 aromatic rings. The second kappa shape index (κ2) is 7.36. The van der Waals surface area contributed by atoms with Gasteiger partial charge in [0.25, 0.3) is 0 Å². The van der Waals surface area contributed by atoms with Crippen molar-refractivity contribution in [2.24, 2.45) is 0 Å². The molecular weight excluding hydrogens is 292 g/mol. The van der Waals surface area contributed by atoms with Crippen molar-refractivity contribution in [2.45, 2.75) is 38.5 Å². The second-order valence-corrected chi connectivity index (χ2v) is 5.78. The Bertz CT molecular complexity index is 692. The molecule has 2 heterocycles. The molecule has 1 fully saturated rings. The number of ether oxygens (including phenoxy) is 1. The maximum absolute atomic E-state index is 9.04. The fourth-order valence-electron chi connectivity index (χ4n) is 3.02. The summed E-state index contributed by atoms with van der Waals surface area (Å²) >= 11 is 0. The van der Waals surface area contributed by atoms with Crippen LogP contribution in [-0.4, -0.2) is 28.7 Å². The van der Waals surface area contributed by atoms with Gasteiger partial charge in [-0.2, -0.15) is 10.2 Å². The highest BCUT2D eigenvalue weighted by atomic mass is 16.5. The zero-order chi connectivity index (χ0) is 16.1. The van der Waals surface area contributed by atoms with E-state index in [0.29, 0.717) is 23.9 Å². The summed E-state index contributed by atoms with van der Waals surface area (Å²) < 4.78 is 10.5. The van der Waals surface area contributed by atoms with Crippen LogP contribution in [0.2, 0.25) is 0 Å². The lowest BCUT2D eigenvalue weighted by atomic mass is 10.0. The molecule has 0 unspecified atom stereocenters. The van der Waals surface area contributed by atoms with Crippen molar-refractivity contribution in [3.63, 3.8) is 0 Å². The lowest BCUT2D eigenvalue weighted by Gasteiger charge is -2.33. The van der Waals surface area contributed by atoms with Gasteiger partial charge in [0.05, 0.1) is 17.7 Å². The number of aromatic nitrogens is 2. The third-order valence-corrected chi connectivity index (χ3v) is 4.10. The van der Waals surface area contributed by atoms with Crippen molar-refractivity contribution in [1.82, 2.24) is 15.0 Å². The monoisotopic (exact) mass is 312 g/mol. The highest BCUT2D eigenvalue weighted by Crippen LogP contribution is 2.31. The molecule has 6 heteroatoms. The largest absolute Gasteiger partial charge is 0.377 e. The molecule has 3 rings (SSSR count). The first kappa shape index (κ1) is 15.7. The Labute approximate surface area is 135 Å². The van der Waals surface area contributed by atoms with Gasteiger partial charge in [-0.15, -0.1) is 0 Å². The van der Waals surface area contributed by atoms with Gasteiger partial charge in [0.2, 0.25) is 5.89 Å². The van der Waals surface area contributed by atoms with Gasteiger partial charge in [-0.3, -0.25) is 4.90 Å². The molecule has 1 atom stereocenters. The summed E-state index contributed by atoms with van der Waals surface area (Å²) in [6.45, 7) is 2.13. The first-order valence-corrected chi connectivity index (χ1v) is 7.84. The fourth-order valence-corrected chi connectivity index (χ4v) is 3.02. The van der Waals surface area contributed by atoms with E-state index in [4.69, 9.17) is 14.5 Å². The van der Waals surface area contributed by atoms with E-state index in [2.05, 4.69) is 27.2 Å². The minimum absolute atomic E-state index is 0.132. The Balaban J connectivity index is 1.76. The standard InChI is InChI=1S/C17H20N4O2/c1-22-12-16-19-17(23-20-16)15-7-2-3-8-21(15)11-14-6-4-5-13(9-14)10-18/h4-6,9,15H,2-3,7-8,11-12H2,1H3/t15-/m0/s1. The topological polar surface area (TPSA) is 75.2 Å². The summed E-state index contributed by atoms with van der Waals surface area (Å²) in [6, 6.07) is 10.1. The minimum atomic E-state index is 0.132. The molecule has 6 nitrogen and oxygen atoms in total. The summed E-state index contributed by atoms with van der Waals surface area (Å²) in [5.41, 5.74) is 1.82. The fraction of sp³-hybridized carbons (Fsp3) is 0.471. The number of benzene rings is 1. The van der Waals surface area contributed by atoms with E-state index in [1.807, 2.05) is 18.2 Å². The van der Waals surface area contributed by atoms with Gasteiger partial charge in [-0.05, 0) is 37.1 Å². The van der Waals surface area contributed by atoms with Gasteiger partial charge >= 0.3 is 0 Å². The number of methoxy groups -OCH3 is 1. The van der Waals surface area contributed by atoms with Crippen LogP contribution < -0.4 is 0 Å². The highest BCUT2D eigenvalue weighted by Gasteiger charge is 2.28. The molecule has 0 amide bonds. The molecule has 0 radical (unpaired) electrons. The zero-order valence-electron chi connectivity index (χ0n) is 13.2. The molecule has 23 heavy (non-hydrogen) atoms. The summed E-state index contributed by atoms with van der Waals surface area (Å²) in [6.07, 6.45) is 3.32. The Morgan fingerprint density at radius 3 is 3.17 bits per heavy atom. The molecule has 1 aliphatic rings. The molecule has 0 bridgehead atoms. The van der Waals surface area contributed by atoms with Gasteiger partial charge in [0, 0.05) is 13.7 Å². The van der Waals surface area contributed by atoms with E-state index in [-0.39, 0.29) is 6.04 Å². The minimum Gasteiger partial charge on any atom is -0.377 e. The smallest absolute Gasteiger partial charge is 0.244 e. The number of likely N-dealkylation sites (tertiary alicyclic amines) is 1. The predicted octanol–water partition coefficient (Wildman–Crippen LogP) is 2.81. The van der Waals surface area contributed by atoms with E-state index in [1.165, 1.54) is 0 Å². The molecule has 0 aliphatic carbocycles. The average molecular weight is 312 g/mol. The maximum Gasteiger partial charge on any atom is 0.244 e. The van der Waals surface area contributed by atoms with Gasteiger partial charge in [0.15, 0.2) is 5.82 Å². The van der Waals surface area contributed by atoms with Crippen LogP contribution in [0.5, 0.6) is 0 Å². The summed E-state index contributed by atoms with van der Waals surface area (Å²) in [4.78, 5) is 6.80. The average Bonchev–Trinajstić information content (AvgIpc) is 3.04. The molecule has 0 spiro atoms. The third-order valence-electron chi connectivity index (χ3n) is 4.10. The van der Waals surface area contributed by atoms with Crippen molar-refractivity contribution in [3.8, 4) is 6.07 Å². The molecular formula is C17H20N4O2. The summed E-state index contributed by atoms with van der Waals surface area (Å²) in [5.74, 6) is 1.24. The molecule has 1 aromatic heterocycles. The van der Waals surface area contributed by atoms with Crippen LogP contribution >= 0.6 is 0 Å². The van der Waals surface area contributed by atoms with Gasteiger partial charge < -0.3 is 9.26 Å². The van der Waals surface area contributed by atoms with Crippen LogP contribution in [0.1, 0.15) is 48.1 Å². The summed E-state index contributed by atoms with van der Waals surface area (Å²) in [5, 5.41) is 13.0. The SMILES string of the molecule is COCc1noc([C@@H]2CCCCN2Cc2cccc(C#N)c2)n1. The quantitative estimate of drug-likeness (QED) is 0.845. The number of nitrogens with zero attached hydrogens (tertiary/aromatic N) is 4. The van der Waals surface area contributed by atoms with Crippen molar-refractivity contribution in [1.29, 1.82) is 5.26 Å². The molecule has 0 saturated carbocycles. The normalized spacial score (nSPS) is 18.7. The van der Waals surface area contributed by atoms with Crippen molar-refractivity contribution in [2.75, 3.05) is 13.7 Å². The number of hydrogen-bond acceptors (Lipinski definition) is 6. The lowest BCUT2D eigenvalue weighted by molar-refractivity contribution is 0.111. The van der Waals surface area contributed by atoms with Crippen LogP contribution in [0.15, 0.2) is 28.8 Å². The molecule has 120 valence electrons. The number of piperidine rings is 1. The Morgan fingerprint density at radius 2 is 2.35 bits per heavy atom. The lowest BCUT2D eigenvalue weighted by Crippen LogP contribution is -2.33. The maximum atomic E-state index is 9.04. The first-order valence-electron chi connectivity index (χ1n) is 7.84. The van der Waals surface area contributed by atoms with Crippen LogP contribution in [0.4, 0.5) is 0 Å². The predicted molar refractivity (Wildman–Crippen MR) is 83.2 cm³/mol. The number of nitriles is 1. The second-order valence-electron chi connectivity index (χ2n) is 5.78. The highest BCUT2D eigenvalue weighted by molar-refractivity contribution is 5.32. The number of rotatable bonds is 5. The van der Waals surface area contributed by atoms with Crippen molar-refractivity contribution in [3.05, 3.63) is 47.1 Å². The third kappa shape index (κ3) is 3.76. The van der Waals surface area contributed by atoms with Crippen molar-refractivity contribution >= 4 is 0 Å². The van der Waals surface area contributed by atoms with Crippen LogP contribution in [0.3, 0.4) is 0 Å². The van der Waals surface area contributed by atoms with Gasteiger partial charge in [-0.1, -0.05) is 23.7 Å². The van der Waals surface area contributed by atoms with Crippen LogP contribution in [0.25, 0.3) is 0 Å². The van der Waals surface area contributed by atoms with E-state index in [1.54, 1.807) is 7.11 Å². The molecule has 1 aliphatic heterocycles. The van der Waals surface area contributed by atoms with Crippen LogP contribution in [0, 0.1) is 11.3 Å². The first-order chi connectivity index (χ1) is 11.3. The van der Waals surface area contributed by atoms with Crippen LogP contribution in [-0.2, 0) is 17.9 Å². The van der Waals surface area contributed by atoms with Crippen molar-refractivity contribution < 1.29 is 9.26 Å². The van der Waals surface area contributed by atoms with E-state index >= 15 is 0 Å². The number of hydrogen-bond donors (Lipinski definition) is 0. The zero-order valence-corrected chi connectivity index (χ0v) is 13.2. The van der Waals surface area contributed by atoms with E-state index in [0.717, 1.165) is 37.9 Å². The molecule has 1 saturated heterocycles. The molecule has 1 aromatic carbocycles. The molecule has 0 N–H and O–H groups in total. The van der Waals surface area contributed by atoms with E-state index < -0.39 is 0 Å². The Kier molecular flexibility index (Phi) is 5.01. The Hall–Kier alpha value is -2.23. The summed E-state index contributed by atoms with van der Waals surface area (Å²) in [7, 11) is 1.62. The van der Waals surface area contributed by atoms with Gasteiger partial charge in [0.1, 0.15) is 6.61 Å².